The minimum Gasteiger partial charge on any atom is -0.370 e. The first-order valence-corrected chi connectivity index (χ1v) is 9.66. The van der Waals surface area contributed by atoms with E-state index < -0.39 is 0 Å². The molecule has 1 aliphatic carbocycles. The molecular weight excluding hydrogens is 320 g/mol. The molecule has 7 heteroatoms. The topological polar surface area (TPSA) is 80.1 Å². The number of hydrogen-bond donors (Lipinski definition) is 2. The SMILES string of the molecule is CC(CCN1C=CNC1CCC(=O)N1CCC(N)C1)OOC1CCC1. The Balaban J connectivity index is 1.32. The fourth-order valence-corrected chi connectivity index (χ4v) is 3.38. The van der Waals surface area contributed by atoms with Crippen molar-refractivity contribution >= 4 is 5.91 Å². The molecule has 1 saturated carbocycles. The highest BCUT2D eigenvalue weighted by atomic mass is 17.2. The Bertz CT molecular complexity index is 469. The maximum Gasteiger partial charge on any atom is 0.222 e. The van der Waals surface area contributed by atoms with Gasteiger partial charge in [-0.25, -0.2) is 9.78 Å². The highest BCUT2D eigenvalue weighted by molar-refractivity contribution is 5.76. The monoisotopic (exact) mass is 352 g/mol. The lowest BCUT2D eigenvalue weighted by Gasteiger charge is -2.28. The predicted molar refractivity (Wildman–Crippen MR) is 95.1 cm³/mol. The molecule has 25 heavy (non-hydrogen) atoms. The van der Waals surface area contributed by atoms with Gasteiger partial charge in [-0.05, 0) is 45.4 Å². The highest BCUT2D eigenvalue weighted by Gasteiger charge is 2.26. The Hall–Kier alpha value is -1.31. The van der Waals surface area contributed by atoms with E-state index >= 15 is 0 Å². The summed E-state index contributed by atoms with van der Waals surface area (Å²) in [5.74, 6) is 0.215. The molecule has 3 atom stereocenters. The van der Waals surface area contributed by atoms with Gasteiger partial charge in [-0.3, -0.25) is 4.79 Å². The van der Waals surface area contributed by atoms with Crippen LogP contribution >= 0.6 is 0 Å². The number of carbonyl (C=O) groups excluding carboxylic acids is 1. The lowest BCUT2D eigenvalue weighted by Crippen LogP contribution is -2.39. The van der Waals surface area contributed by atoms with E-state index in [1.165, 1.54) is 6.42 Å². The highest BCUT2D eigenvalue weighted by Crippen LogP contribution is 2.23. The van der Waals surface area contributed by atoms with Gasteiger partial charge in [0.25, 0.3) is 0 Å². The zero-order chi connectivity index (χ0) is 17.6. The first-order valence-electron chi connectivity index (χ1n) is 9.66. The van der Waals surface area contributed by atoms with Crippen LogP contribution in [0, 0.1) is 0 Å². The fraction of sp³-hybridized carbons (Fsp3) is 0.833. The second kappa shape index (κ2) is 8.87. The van der Waals surface area contributed by atoms with E-state index in [9.17, 15) is 4.79 Å². The number of amides is 1. The Morgan fingerprint density at radius 2 is 2.24 bits per heavy atom. The van der Waals surface area contributed by atoms with Crippen LogP contribution in [-0.4, -0.2) is 59.8 Å². The Morgan fingerprint density at radius 3 is 2.92 bits per heavy atom. The summed E-state index contributed by atoms with van der Waals surface area (Å²) >= 11 is 0. The molecule has 3 aliphatic rings. The number of hydrogen-bond acceptors (Lipinski definition) is 6. The lowest BCUT2D eigenvalue weighted by molar-refractivity contribution is -0.359. The van der Waals surface area contributed by atoms with Gasteiger partial charge < -0.3 is 20.9 Å². The molecule has 0 spiro atoms. The Kier molecular flexibility index (Phi) is 6.56. The fourth-order valence-electron chi connectivity index (χ4n) is 3.38. The zero-order valence-electron chi connectivity index (χ0n) is 15.2. The minimum absolute atomic E-state index is 0.0722. The first kappa shape index (κ1) is 18.5. The number of carbonyl (C=O) groups is 1. The van der Waals surface area contributed by atoms with Crippen molar-refractivity contribution in [3.63, 3.8) is 0 Å². The molecule has 3 unspecified atom stereocenters. The molecule has 3 rings (SSSR count). The lowest BCUT2D eigenvalue weighted by atomic mass is 9.97. The summed E-state index contributed by atoms with van der Waals surface area (Å²) in [6.07, 6.45) is 11.2. The van der Waals surface area contributed by atoms with Gasteiger partial charge in [-0.1, -0.05) is 0 Å². The van der Waals surface area contributed by atoms with E-state index in [-0.39, 0.29) is 24.2 Å². The normalized spacial score (nSPS) is 27.4. The molecule has 0 aromatic rings. The molecule has 142 valence electrons. The molecule has 2 heterocycles. The van der Waals surface area contributed by atoms with Crippen LogP contribution in [0.3, 0.4) is 0 Å². The van der Waals surface area contributed by atoms with Crippen LogP contribution in [0.5, 0.6) is 0 Å². The molecule has 0 aromatic heterocycles. The van der Waals surface area contributed by atoms with Crippen LogP contribution in [0.4, 0.5) is 0 Å². The molecule has 2 fully saturated rings. The van der Waals surface area contributed by atoms with Crippen molar-refractivity contribution in [3.8, 4) is 0 Å². The van der Waals surface area contributed by atoms with Crippen molar-refractivity contribution in [3.05, 3.63) is 12.4 Å². The average Bonchev–Trinajstić information content (AvgIpc) is 3.18. The van der Waals surface area contributed by atoms with Gasteiger partial charge in [0.15, 0.2) is 0 Å². The number of rotatable bonds is 9. The van der Waals surface area contributed by atoms with Crippen LogP contribution in [0.15, 0.2) is 12.4 Å². The van der Waals surface area contributed by atoms with E-state index in [2.05, 4.69) is 16.4 Å². The van der Waals surface area contributed by atoms with E-state index in [0.717, 1.165) is 45.2 Å². The number of nitrogens with one attached hydrogen (secondary N) is 1. The minimum atomic E-state index is 0.0722. The van der Waals surface area contributed by atoms with Gasteiger partial charge in [-0.2, -0.15) is 0 Å². The Morgan fingerprint density at radius 1 is 1.40 bits per heavy atom. The molecule has 0 aromatic carbocycles. The van der Waals surface area contributed by atoms with Crippen LogP contribution in [0.2, 0.25) is 0 Å². The van der Waals surface area contributed by atoms with Gasteiger partial charge in [0.1, 0.15) is 0 Å². The third-order valence-electron chi connectivity index (χ3n) is 5.37. The maximum absolute atomic E-state index is 12.3. The Labute approximate surface area is 150 Å². The number of nitrogens with zero attached hydrogens (tertiary/aromatic N) is 2. The van der Waals surface area contributed by atoms with E-state index in [0.29, 0.717) is 19.1 Å². The van der Waals surface area contributed by atoms with Gasteiger partial charge >= 0.3 is 0 Å². The summed E-state index contributed by atoms with van der Waals surface area (Å²) in [6.45, 7) is 4.43. The molecule has 0 radical (unpaired) electrons. The van der Waals surface area contributed by atoms with E-state index in [4.69, 9.17) is 15.5 Å². The van der Waals surface area contributed by atoms with Gasteiger partial charge in [0.2, 0.25) is 5.91 Å². The van der Waals surface area contributed by atoms with Gasteiger partial charge in [-0.15, -0.1) is 0 Å². The van der Waals surface area contributed by atoms with Crippen LogP contribution < -0.4 is 11.1 Å². The summed E-state index contributed by atoms with van der Waals surface area (Å²) < 4.78 is 0. The predicted octanol–water partition coefficient (Wildman–Crippen LogP) is 1.31. The smallest absolute Gasteiger partial charge is 0.222 e. The third-order valence-corrected chi connectivity index (χ3v) is 5.37. The molecular formula is C18H32N4O3. The molecule has 2 aliphatic heterocycles. The van der Waals surface area contributed by atoms with Crippen LogP contribution in [0.1, 0.15) is 51.9 Å². The average molecular weight is 352 g/mol. The van der Waals surface area contributed by atoms with Crippen molar-refractivity contribution in [1.82, 2.24) is 15.1 Å². The van der Waals surface area contributed by atoms with Crippen molar-refractivity contribution in [2.75, 3.05) is 19.6 Å². The zero-order valence-corrected chi connectivity index (χ0v) is 15.2. The summed E-state index contributed by atoms with van der Waals surface area (Å²) in [5.41, 5.74) is 5.88. The summed E-state index contributed by atoms with van der Waals surface area (Å²) in [6, 6.07) is 0.148. The van der Waals surface area contributed by atoms with Crippen molar-refractivity contribution in [2.24, 2.45) is 5.73 Å². The van der Waals surface area contributed by atoms with Crippen molar-refractivity contribution in [2.45, 2.75) is 76.3 Å². The third kappa shape index (κ3) is 5.33. The molecule has 3 N–H and O–H groups in total. The maximum atomic E-state index is 12.3. The van der Waals surface area contributed by atoms with Crippen molar-refractivity contribution < 1.29 is 14.6 Å². The largest absolute Gasteiger partial charge is 0.370 e. The molecule has 1 saturated heterocycles. The standard InChI is InChI=1S/C18H32N4O3/c1-14(24-25-16-3-2-4-16)7-10-21-12-9-20-17(21)5-6-18(23)22-11-8-15(19)13-22/h9,12,14-17,20H,2-8,10-11,13,19H2,1H3. The summed E-state index contributed by atoms with van der Waals surface area (Å²) in [4.78, 5) is 27.3. The number of likely N-dealkylation sites (tertiary alicyclic amines) is 1. The van der Waals surface area contributed by atoms with Gasteiger partial charge in [0.05, 0.1) is 18.4 Å². The molecule has 0 bridgehead atoms. The van der Waals surface area contributed by atoms with Gasteiger partial charge in [0, 0.05) is 44.5 Å². The molecule has 7 nitrogen and oxygen atoms in total. The quantitative estimate of drug-likeness (QED) is 0.481. The van der Waals surface area contributed by atoms with Crippen molar-refractivity contribution in [1.29, 1.82) is 0 Å². The second-order valence-corrected chi connectivity index (χ2v) is 7.51. The van der Waals surface area contributed by atoms with E-state index in [1.807, 2.05) is 18.0 Å². The van der Waals surface area contributed by atoms with Crippen LogP contribution in [-0.2, 0) is 14.6 Å². The van der Waals surface area contributed by atoms with E-state index in [1.54, 1.807) is 0 Å². The van der Waals surface area contributed by atoms with Crippen LogP contribution in [0.25, 0.3) is 0 Å². The summed E-state index contributed by atoms with van der Waals surface area (Å²) in [5, 5.41) is 3.33. The first-order chi connectivity index (χ1) is 12.1. The second-order valence-electron chi connectivity index (χ2n) is 7.51. The number of nitrogens with two attached hydrogens (primary N) is 1. The summed E-state index contributed by atoms with van der Waals surface area (Å²) in [7, 11) is 0. The molecule has 1 amide bonds.